The summed E-state index contributed by atoms with van der Waals surface area (Å²) in [6.07, 6.45) is 1.11. The molecule has 0 saturated heterocycles. The molecule has 1 amide bonds. The zero-order valence-corrected chi connectivity index (χ0v) is 11.0. The van der Waals surface area contributed by atoms with Crippen LogP contribution < -0.4 is 5.73 Å². The van der Waals surface area contributed by atoms with E-state index in [1.807, 2.05) is 0 Å². The molecule has 0 radical (unpaired) electrons. The topological polar surface area (TPSA) is 68.9 Å². The second-order valence-electron chi connectivity index (χ2n) is 2.93. The third-order valence-electron chi connectivity index (χ3n) is 1.60. The predicted octanol–water partition coefficient (Wildman–Crippen LogP) is 2.01. The number of rotatable bonds is 6. The molecule has 0 aliphatic carbocycles. The van der Waals surface area contributed by atoms with E-state index in [-0.39, 0.29) is 11.7 Å². The van der Waals surface area contributed by atoms with Crippen LogP contribution in [0.5, 0.6) is 0 Å². The molecule has 1 rings (SSSR count). The molecule has 0 spiro atoms. The Morgan fingerprint density at radius 2 is 2.20 bits per heavy atom. The van der Waals surface area contributed by atoms with Gasteiger partial charge in [-0.3, -0.25) is 4.79 Å². The van der Waals surface area contributed by atoms with Gasteiger partial charge in [-0.15, -0.1) is 10.2 Å². The summed E-state index contributed by atoms with van der Waals surface area (Å²) in [7, 11) is 0. The van der Waals surface area contributed by atoms with Crippen molar-refractivity contribution in [2.75, 3.05) is 5.75 Å². The Bertz CT molecular complexity index is 329. The number of primary amides is 1. The molecule has 1 atom stereocenters. The Labute approximate surface area is 101 Å². The molecule has 1 aromatic heterocycles. The Morgan fingerprint density at radius 1 is 1.53 bits per heavy atom. The molecule has 1 unspecified atom stereocenters. The van der Waals surface area contributed by atoms with Gasteiger partial charge in [0.25, 0.3) is 0 Å². The van der Waals surface area contributed by atoms with Crippen LogP contribution in [0.1, 0.15) is 20.3 Å². The molecule has 0 aromatic carbocycles. The van der Waals surface area contributed by atoms with E-state index in [1.165, 1.54) is 23.1 Å². The normalized spacial score (nSPS) is 12.7. The van der Waals surface area contributed by atoms with Gasteiger partial charge < -0.3 is 5.73 Å². The molecular weight excluding hydrogens is 250 g/mol. The van der Waals surface area contributed by atoms with Crippen molar-refractivity contribution in [3.8, 4) is 0 Å². The Balaban J connectivity index is 2.45. The van der Waals surface area contributed by atoms with Crippen LogP contribution in [0.15, 0.2) is 8.68 Å². The van der Waals surface area contributed by atoms with Crippen molar-refractivity contribution in [1.29, 1.82) is 0 Å². The number of carbonyl (C=O) groups excluding carboxylic acids is 1. The molecule has 7 heteroatoms. The van der Waals surface area contributed by atoms with Gasteiger partial charge in [0, 0.05) is 5.25 Å². The first kappa shape index (κ1) is 12.8. The standard InChI is InChI=1S/C8H13N3OS3/c1-3-5(2)14-8-11-10-7(15-8)13-4-6(9)12/h5H,3-4H2,1-2H3,(H2,9,12). The van der Waals surface area contributed by atoms with Crippen LogP contribution in [-0.2, 0) is 4.79 Å². The molecule has 0 fully saturated rings. The number of nitrogens with zero attached hydrogens (tertiary/aromatic N) is 2. The Morgan fingerprint density at radius 3 is 2.80 bits per heavy atom. The minimum Gasteiger partial charge on any atom is -0.369 e. The van der Waals surface area contributed by atoms with Crippen LogP contribution in [0.2, 0.25) is 0 Å². The first-order valence-electron chi connectivity index (χ1n) is 4.53. The molecule has 0 saturated carbocycles. The summed E-state index contributed by atoms with van der Waals surface area (Å²) in [5, 5.41) is 8.57. The first-order valence-corrected chi connectivity index (χ1v) is 7.21. The van der Waals surface area contributed by atoms with Crippen molar-refractivity contribution < 1.29 is 4.79 Å². The van der Waals surface area contributed by atoms with E-state index in [1.54, 1.807) is 11.8 Å². The van der Waals surface area contributed by atoms with Gasteiger partial charge in [-0.2, -0.15) is 0 Å². The van der Waals surface area contributed by atoms with Crippen LogP contribution in [0, 0.1) is 0 Å². The second kappa shape index (κ2) is 6.34. The van der Waals surface area contributed by atoms with Gasteiger partial charge in [-0.05, 0) is 6.42 Å². The Hall–Kier alpha value is -0.270. The molecule has 84 valence electrons. The van der Waals surface area contributed by atoms with Crippen molar-refractivity contribution >= 4 is 40.8 Å². The van der Waals surface area contributed by atoms with E-state index in [4.69, 9.17) is 5.73 Å². The van der Waals surface area contributed by atoms with Gasteiger partial charge in [0.1, 0.15) is 0 Å². The first-order chi connectivity index (χ1) is 7.11. The highest BCUT2D eigenvalue weighted by Gasteiger charge is 2.09. The Kier molecular flexibility index (Phi) is 5.41. The number of hydrogen-bond acceptors (Lipinski definition) is 6. The van der Waals surface area contributed by atoms with Crippen molar-refractivity contribution in [1.82, 2.24) is 10.2 Å². The van der Waals surface area contributed by atoms with E-state index in [2.05, 4.69) is 24.0 Å². The summed E-state index contributed by atoms with van der Waals surface area (Å²) < 4.78 is 1.76. The monoisotopic (exact) mass is 263 g/mol. The zero-order chi connectivity index (χ0) is 11.3. The molecule has 0 aliphatic rings. The average Bonchev–Trinajstić information content (AvgIpc) is 2.62. The fourth-order valence-electron chi connectivity index (χ4n) is 0.691. The summed E-state index contributed by atoms with van der Waals surface area (Å²) in [6.45, 7) is 4.30. The summed E-state index contributed by atoms with van der Waals surface area (Å²) in [5.41, 5.74) is 5.04. The largest absolute Gasteiger partial charge is 0.369 e. The molecule has 15 heavy (non-hydrogen) atoms. The van der Waals surface area contributed by atoms with Crippen molar-refractivity contribution in [3.05, 3.63) is 0 Å². The lowest BCUT2D eigenvalue weighted by Gasteiger charge is -2.02. The smallest absolute Gasteiger partial charge is 0.227 e. The molecule has 1 heterocycles. The van der Waals surface area contributed by atoms with Gasteiger partial charge in [-0.1, -0.05) is 48.7 Å². The fourth-order valence-corrected chi connectivity index (χ4v) is 3.70. The third kappa shape index (κ3) is 4.85. The zero-order valence-electron chi connectivity index (χ0n) is 8.60. The number of carbonyl (C=O) groups is 1. The van der Waals surface area contributed by atoms with Crippen molar-refractivity contribution in [2.45, 2.75) is 34.2 Å². The van der Waals surface area contributed by atoms with Crippen molar-refractivity contribution in [3.63, 3.8) is 0 Å². The lowest BCUT2D eigenvalue weighted by molar-refractivity contribution is -0.115. The molecule has 2 N–H and O–H groups in total. The van der Waals surface area contributed by atoms with Crippen LogP contribution in [0.25, 0.3) is 0 Å². The van der Waals surface area contributed by atoms with Crippen LogP contribution in [0.3, 0.4) is 0 Å². The maximum Gasteiger partial charge on any atom is 0.227 e. The van der Waals surface area contributed by atoms with Gasteiger partial charge >= 0.3 is 0 Å². The molecular formula is C8H13N3OS3. The van der Waals surface area contributed by atoms with Crippen molar-refractivity contribution in [2.24, 2.45) is 5.73 Å². The van der Waals surface area contributed by atoms with E-state index >= 15 is 0 Å². The lowest BCUT2D eigenvalue weighted by atomic mass is 10.4. The predicted molar refractivity (Wildman–Crippen MR) is 65.4 cm³/mol. The van der Waals surface area contributed by atoms with Gasteiger partial charge in [0.05, 0.1) is 5.75 Å². The number of amides is 1. The quantitative estimate of drug-likeness (QED) is 0.795. The summed E-state index contributed by atoms with van der Waals surface area (Å²) in [5.74, 6) is -0.0610. The van der Waals surface area contributed by atoms with Crippen LogP contribution >= 0.6 is 34.9 Å². The number of thioether (sulfide) groups is 2. The average molecular weight is 263 g/mol. The molecule has 4 nitrogen and oxygen atoms in total. The van der Waals surface area contributed by atoms with E-state index in [9.17, 15) is 4.79 Å². The minimum atomic E-state index is -0.327. The lowest BCUT2D eigenvalue weighted by Crippen LogP contribution is -2.12. The van der Waals surface area contributed by atoms with E-state index in [0.717, 1.165) is 15.1 Å². The molecule has 0 bridgehead atoms. The summed E-state index contributed by atoms with van der Waals surface area (Å²) >= 11 is 4.57. The molecule has 1 aromatic rings. The number of hydrogen-bond donors (Lipinski definition) is 1. The SMILES string of the molecule is CCC(C)Sc1nnc(SCC(N)=O)s1. The van der Waals surface area contributed by atoms with E-state index < -0.39 is 0 Å². The highest BCUT2D eigenvalue weighted by molar-refractivity contribution is 8.03. The maximum atomic E-state index is 10.6. The highest BCUT2D eigenvalue weighted by atomic mass is 32.2. The number of nitrogens with two attached hydrogens (primary N) is 1. The summed E-state index contributed by atoms with van der Waals surface area (Å²) in [6, 6.07) is 0. The van der Waals surface area contributed by atoms with Gasteiger partial charge in [0.15, 0.2) is 8.68 Å². The van der Waals surface area contributed by atoms with E-state index in [0.29, 0.717) is 5.25 Å². The molecule has 0 aliphatic heterocycles. The third-order valence-corrected chi connectivity index (χ3v) is 5.03. The minimum absolute atomic E-state index is 0.266. The van der Waals surface area contributed by atoms with Gasteiger partial charge in [-0.25, -0.2) is 0 Å². The van der Waals surface area contributed by atoms with Crippen LogP contribution in [0.4, 0.5) is 0 Å². The summed E-state index contributed by atoms with van der Waals surface area (Å²) in [4.78, 5) is 10.6. The van der Waals surface area contributed by atoms with Gasteiger partial charge in [0.2, 0.25) is 5.91 Å². The number of aromatic nitrogens is 2. The maximum absolute atomic E-state index is 10.6. The second-order valence-corrected chi connectivity index (χ2v) is 6.81. The van der Waals surface area contributed by atoms with Crippen LogP contribution in [-0.4, -0.2) is 27.1 Å². The highest BCUT2D eigenvalue weighted by Crippen LogP contribution is 2.31. The fraction of sp³-hybridized carbons (Fsp3) is 0.625.